The molecule has 3 nitrogen and oxygen atoms in total. The first kappa shape index (κ1) is 10.1. The Morgan fingerprint density at radius 1 is 1.31 bits per heavy atom. The zero-order valence-electron chi connectivity index (χ0n) is 9.37. The third-order valence-electron chi connectivity index (χ3n) is 3.25. The molecule has 2 aliphatic heterocycles. The normalized spacial score (nSPS) is 24.1. The summed E-state index contributed by atoms with van der Waals surface area (Å²) in [6, 6.07) is 6.45. The lowest BCUT2D eigenvalue weighted by Gasteiger charge is -2.19. The van der Waals surface area contributed by atoms with Gasteiger partial charge in [0, 0.05) is 13.0 Å². The van der Waals surface area contributed by atoms with Crippen molar-refractivity contribution in [1.82, 2.24) is 5.32 Å². The molecule has 1 atom stereocenters. The number of fused-ring (bicyclic) bond motifs is 1. The van der Waals surface area contributed by atoms with Crippen LogP contribution in [0.4, 0.5) is 0 Å². The highest BCUT2D eigenvalue weighted by atomic mass is 16.5. The molecule has 1 unspecified atom stereocenters. The molecule has 0 radical (unpaired) electrons. The largest absolute Gasteiger partial charge is 0.488 e. The van der Waals surface area contributed by atoms with Crippen LogP contribution >= 0.6 is 0 Å². The molecule has 0 aliphatic carbocycles. The molecule has 86 valence electrons. The first-order chi connectivity index (χ1) is 7.92. The molecule has 16 heavy (non-hydrogen) atoms. The summed E-state index contributed by atoms with van der Waals surface area (Å²) in [5, 5.41) is 3.38. The third kappa shape index (κ3) is 2.06. The Hall–Kier alpha value is -1.06. The van der Waals surface area contributed by atoms with E-state index in [2.05, 4.69) is 23.5 Å². The summed E-state index contributed by atoms with van der Waals surface area (Å²) in [7, 11) is 0. The van der Waals surface area contributed by atoms with Crippen LogP contribution in [-0.4, -0.2) is 25.9 Å². The summed E-state index contributed by atoms with van der Waals surface area (Å²) in [5.74, 6) is 0.984. The van der Waals surface area contributed by atoms with Gasteiger partial charge < -0.3 is 14.8 Å². The zero-order chi connectivity index (χ0) is 10.8. The van der Waals surface area contributed by atoms with E-state index >= 15 is 0 Å². The fraction of sp³-hybridized carbons (Fsp3) is 0.538. The van der Waals surface area contributed by atoms with Gasteiger partial charge >= 0.3 is 0 Å². The number of hydrogen-bond acceptors (Lipinski definition) is 3. The van der Waals surface area contributed by atoms with Crippen molar-refractivity contribution in [2.24, 2.45) is 0 Å². The van der Waals surface area contributed by atoms with Gasteiger partial charge in [0.25, 0.3) is 0 Å². The van der Waals surface area contributed by atoms with E-state index in [0.717, 1.165) is 44.9 Å². The molecule has 0 aromatic heterocycles. The van der Waals surface area contributed by atoms with Crippen LogP contribution in [0.2, 0.25) is 0 Å². The molecule has 3 rings (SSSR count). The van der Waals surface area contributed by atoms with Gasteiger partial charge in [0.1, 0.15) is 11.9 Å². The van der Waals surface area contributed by atoms with Crippen LogP contribution in [0.1, 0.15) is 17.5 Å². The van der Waals surface area contributed by atoms with Crippen molar-refractivity contribution in [3.63, 3.8) is 0 Å². The zero-order valence-corrected chi connectivity index (χ0v) is 9.37. The van der Waals surface area contributed by atoms with Crippen LogP contribution in [0.25, 0.3) is 0 Å². The van der Waals surface area contributed by atoms with Crippen LogP contribution in [0.15, 0.2) is 18.2 Å². The maximum absolute atomic E-state index is 5.89. The molecule has 0 bridgehead atoms. The molecule has 3 heteroatoms. The number of hydrogen-bond donors (Lipinski definition) is 1. The van der Waals surface area contributed by atoms with Crippen molar-refractivity contribution in [3.05, 3.63) is 29.3 Å². The van der Waals surface area contributed by atoms with Crippen molar-refractivity contribution >= 4 is 0 Å². The van der Waals surface area contributed by atoms with E-state index in [0.29, 0.717) is 0 Å². The Bertz CT molecular complexity index is 372. The molecule has 1 aromatic carbocycles. The smallest absolute Gasteiger partial charge is 0.124 e. The van der Waals surface area contributed by atoms with Crippen LogP contribution in [0, 0.1) is 0 Å². The van der Waals surface area contributed by atoms with E-state index in [1.54, 1.807) is 0 Å². The molecule has 1 N–H and O–H groups in total. The van der Waals surface area contributed by atoms with E-state index in [-0.39, 0.29) is 6.10 Å². The fourth-order valence-corrected chi connectivity index (χ4v) is 2.33. The number of rotatable bonds is 2. The van der Waals surface area contributed by atoms with Crippen LogP contribution in [0.5, 0.6) is 5.75 Å². The van der Waals surface area contributed by atoms with Crippen LogP contribution < -0.4 is 10.1 Å². The minimum atomic E-state index is 0.245. The topological polar surface area (TPSA) is 30.5 Å². The second-order valence-electron chi connectivity index (χ2n) is 4.46. The quantitative estimate of drug-likeness (QED) is 0.817. The molecule has 0 spiro atoms. The first-order valence-electron chi connectivity index (χ1n) is 5.99. The van der Waals surface area contributed by atoms with Gasteiger partial charge in [0.05, 0.1) is 13.2 Å². The fourth-order valence-electron chi connectivity index (χ4n) is 2.33. The molecule has 2 heterocycles. The van der Waals surface area contributed by atoms with Crippen molar-refractivity contribution in [2.45, 2.75) is 25.5 Å². The highest BCUT2D eigenvalue weighted by molar-refractivity contribution is 5.37. The predicted octanol–water partition coefficient (Wildman–Crippen LogP) is 1.50. The predicted molar refractivity (Wildman–Crippen MR) is 61.7 cm³/mol. The number of nitrogens with one attached hydrogen (secondary N) is 1. The monoisotopic (exact) mass is 219 g/mol. The Labute approximate surface area is 95.8 Å². The molecular weight excluding hydrogens is 202 g/mol. The standard InChI is InChI=1S/C13H17NO2/c1-2-12(16-13-4-6-15-9-13)7-11-8-14-5-3-10(1)11/h1-2,7,13-14H,3-6,8-9H2. The molecule has 1 aromatic rings. The highest BCUT2D eigenvalue weighted by Crippen LogP contribution is 2.22. The van der Waals surface area contributed by atoms with E-state index in [4.69, 9.17) is 9.47 Å². The summed E-state index contributed by atoms with van der Waals surface area (Å²) in [5.41, 5.74) is 2.83. The summed E-state index contributed by atoms with van der Waals surface area (Å²) in [4.78, 5) is 0. The van der Waals surface area contributed by atoms with E-state index in [9.17, 15) is 0 Å². The first-order valence-corrected chi connectivity index (χ1v) is 5.99. The minimum Gasteiger partial charge on any atom is -0.488 e. The summed E-state index contributed by atoms with van der Waals surface area (Å²) in [6.07, 6.45) is 2.38. The van der Waals surface area contributed by atoms with Gasteiger partial charge in [0.15, 0.2) is 0 Å². The van der Waals surface area contributed by atoms with Gasteiger partial charge in [-0.2, -0.15) is 0 Å². The number of ether oxygens (including phenoxy) is 2. The molecule has 2 aliphatic rings. The van der Waals surface area contributed by atoms with Crippen molar-refractivity contribution in [1.29, 1.82) is 0 Å². The molecule has 0 saturated carbocycles. The molecule has 1 fully saturated rings. The van der Waals surface area contributed by atoms with Crippen LogP contribution in [-0.2, 0) is 17.7 Å². The van der Waals surface area contributed by atoms with E-state index < -0.39 is 0 Å². The average molecular weight is 219 g/mol. The molecule has 1 saturated heterocycles. The summed E-state index contributed by atoms with van der Waals surface area (Å²) < 4.78 is 11.2. The Morgan fingerprint density at radius 2 is 2.31 bits per heavy atom. The van der Waals surface area contributed by atoms with Crippen molar-refractivity contribution < 1.29 is 9.47 Å². The van der Waals surface area contributed by atoms with Gasteiger partial charge in [-0.1, -0.05) is 6.07 Å². The lowest BCUT2D eigenvalue weighted by Crippen LogP contribution is -2.23. The Morgan fingerprint density at radius 3 is 3.19 bits per heavy atom. The van der Waals surface area contributed by atoms with Crippen molar-refractivity contribution in [3.8, 4) is 5.75 Å². The summed E-state index contributed by atoms with van der Waals surface area (Å²) in [6.45, 7) is 3.61. The van der Waals surface area contributed by atoms with Gasteiger partial charge in [-0.15, -0.1) is 0 Å². The van der Waals surface area contributed by atoms with Gasteiger partial charge in [0.2, 0.25) is 0 Å². The van der Waals surface area contributed by atoms with Gasteiger partial charge in [-0.25, -0.2) is 0 Å². The lowest BCUT2D eigenvalue weighted by molar-refractivity contribution is 0.141. The average Bonchev–Trinajstić information content (AvgIpc) is 2.82. The number of benzene rings is 1. The molecule has 0 amide bonds. The second-order valence-corrected chi connectivity index (χ2v) is 4.46. The maximum Gasteiger partial charge on any atom is 0.124 e. The third-order valence-corrected chi connectivity index (χ3v) is 3.25. The second kappa shape index (κ2) is 4.44. The maximum atomic E-state index is 5.89. The van der Waals surface area contributed by atoms with E-state index in [1.165, 1.54) is 11.1 Å². The van der Waals surface area contributed by atoms with Gasteiger partial charge in [-0.3, -0.25) is 0 Å². The molecular formula is C13H17NO2. The Balaban J connectivity index is 1.74. The van der Waals surface area contributed by atoms with Crippen LogP contribution in [0.3, 0.4) is 0 Å². The van der Waals surface area contributed by atoms with E-state index in [1.807, 2.05) is 0 Å². The Kier molecular flexibility index (Phi) is 2.80. The summed E-state index contributed by atoms with van der Waals surface area (Å²) >= 11 is 0. The van der Waals surface area contributed by atoms with Gasteiger partial charge in [-0.05, 0) is 36.2 Å². The van der Waals surface area contributed by atoms with Crippen molar-refractivity contribution in [2.75, 3.05) is 19.8 Å². The lowest BCUT2D eigenvalue weighted by atomic mass is 10.0. The minimum absolute atomic E-state index is 0.245. The SMILES string of the molecule is c1cc2c(cc1OC1CCOC1)CNCC2. The highest BCUT2D eigenvalue weighted by Gasteiger charge is 2.18.